The van der Waals surface area contributed by atoms with Gasteiger partial charge in [0.2, 0.25) is 0 Å². The van der Waals surface area contributed by atoms with Gasteiger partial charge < -0.3 is 10.1 Å². The monoisotopic (exact) mass is 197 g/mol. The second-order valence-electron chi connectivity index (χ2n) is 3.81. The van der Waals surface area contributed by atoms with Crippen LogP contribution in [-0.4, -0.2) is 26.3 Å². The SMILES string of the molecule is C#CCCCC(C)C(C)NCCOC. The van der Waals surface area contributed by atoms with E-state index in [4.69, 9.17) is 11.2 Å². The Kier molecular flexibility index (Phi) is 8.72. The van der Waals surface area contributed by atoms with Gasteiger partial charge in [-0.1, -0.05) is 6.92 Å². The highest BCUT2D eigenvalue weighted by Gasteiger charge is 2.10. The largest absolute Gasteiger partial charge is 0.383 e. The van der Waals surface area contributed by atoms with Crippen molar-refractivity contribution in [3.8, 4) is 12.3 Å². The van der Waals surface area contributed by atoms with Gasteiger partial charge in [-0.15, -0.1) is 12.3 Å². The summed E-state index contributed by atoms with van der Waals surface area (Å²) >= 11 is 0. The average molecular weight is 197 g/mol. The highest BCUT2D eigenvalue weighted by Crippen LogP contribution is 2.11. The van der Waals surface area contributed by atoms with E-state index in [1.165, 1.54) is 6.42 Å². The molecule has 2 atom stereocenters. The molecular weight excluding hydrogens is 174 g/mol. The second-order valence-corrected chi connectivity index (χ2v) is 3.81. The predicted octanol–water partition coefficient (Wildman–Crippen LogP) is 2.05. The summed E-state index contributed by atoms with van der Waals surface area (Å²) in [6, 6.07) is 0.544. The summed E-state index contributed by atoms with van der Waals surface area (Å²) in [5, 5.41) is 3.43. The molecular formula is C12H23NO. The lowest BCUT2D eigenvalue weighted by atomic mass is 9.97. The molecule has 2 heteroatoms. The first-order valence-corrected chi connectivity index (χ1v) is 5.38. The van der Waals surface area contributed by atoms with Crippen LogP contribution in [0.1, 0.15) is 33.1 Å². The molecule has 0 saturated heterocycles. The van der Waals surface area contributed by atoms with Gasteiger partial charge in [0.15, 0.2) is 0 Å². The van der Waals surface area contributed by atoms with Gasteiger partial charge in [-0.25, -0.2) is 0 Å². The zero-order valence-corrected chi connectivity index (χ0v) is 9.68. The summed E-state index contributed by atoms with van der Waals surface area (Å²) in [7, 11) is 1.72. The fraction of sp³-hybridized carbons (Fsp3) is 0.833. The highest BCUT2D eigenvalue weighted by atomic mass is 16.5. The Morgan fingerprint density at radius 1 is 1.43 bits per heavy atom. The molecule has 1 N–H and O–H groups in total. The van der Waals surface area contributed by atoms with E-state index in [0.717, 1.165) is 26.0 Å². The maximum absolute atomic E-state index is 5.21. The van der Waals surface area contributed by atoms with Crippen molar-refractivity contribution < 1.29 is 4.74 Å². The van der Waals surface area contributed by atoms with Crippen LogP contribution in [0.4, 0.5) is 0 Å². The molecule has 0 aromatic heterocycles. The number of hydrogen-bond donors (Lipinski definition) is 1. The average Bonchev–Trinajstić information content (AvgIpc) is 2.18. The first kappa shape index (κ1) is 13.5. The van der Waals surface area contributed by atoms with Gasteiger partial charge in [-0.05, 0) is 25.7 Å². The molecule has 0 amide bonds. The third-order valence-electron chi connectivity index (χ3n) is 2.61. The van der Waals surface area contributed by atoms with Crippen molar-refractivity contribution in [3.63, 3.8) is 0 Å². The van der Waals surface area contributed by atoms with Gasteiger partial charge >= 0.3 is 0 Å². The molecule has 0 bridgehead atoms. The van der Waals surface area contributed by atoms with Crippen LogP contribution in [0.15, 0.2) is 0 Å². The molecule has 0 saturated carbocycles. The van der Waals surface area contributed by atoms with Gasteiger partial charge in [0.1, 0.15) is 0 Å². The van der Waals surface area contributed by atoms with Gasteiger partial charge in [0.25, 0.3) is 0 Å². The maximum atomic E-state index is 5.21. The Morgan fingerprint density at radius 2 is 2.14 bits per heavy atom. The topological polar surface area (TPSA) is 21.3 Å². The molecule has 0 aliphatic heterocycles. The minimum atomic E-state index is 0.544. The summed E-state index contributed by atoms with van der Waals surface area (Å²) in [6.45, 7) is 6.19. The van der Waals surface area contributed by atoms with Gasteiger partial charge in [-0.3, -0.25) is 0 Å². The molecule has 0 aromatic carbocycles. The lowest BCUT2D eigenvalue weighted by Gasteiger charge is -2.20. The van der Waals surface area contributed by atoms with Crippen molar-refractivity contribution in [3.05, 3.63) is 0 Å². The molecule has 0 fully saturated rings. The van der Waals surface area contributed by atoms with Gasteiger partial charge in [0.05, 0.1) is 6.61 Å². The van der Waals surface area contributed by atoms with E-state index < -0.39 is 0 Å². The Bertz CT molecular complexity index is 162. The number of unbranched alkanes of at least 4 members (excludes halogenated alkanes) is 1. The Morgan fingerprint density at radius 3 is 2.71 bits per heavy atom. The second kappa shape index (κ2) is 9.05. The summed E-state index contributed by atoms with van der Waals surface area (Å²) in [4.78, 5) is 0. The number of terminal acetylenes is 1. The van der Waals surface area contributed by atoms with Gasteiger partial charge in [-0.2, -0.15) is 0 Å². The number of hydrogen-bond acceptors (Lipinski definition) is 2. The van der Waals surface area contributed by atoms with E-state index in [0.29, 0.717) is 12.0 Å². The molecule has 0 rings (SSSR count). The number of rotatable bonds is 8. The fourth-order valence-corrected chi connectivity index (χ4v) is 1.37. The molecule has 82 valence electrons. The highest BCUT2D eigenvalue weighted by molar-refractivity contribution is 4.83. The normalized spacial score (nSPS) is 14.7. The maximum Gasteiger partial charge on any atom is 0.0587 e. The van der Waals surface area contributed by atoms with Crippen LogP contribution in [0.2, 0.25) is 0 Å². The molecule has 0 aromatic rings. The minimum absolute atomic E-state index is 0.544. The van der Waals surface area contributed by atoms with Crippen molar-refractivity contribution in [2.75, 3.05) is 20.3 Å². The zero-order chi connectivity index (χ0) is 10.8. The molecule has 14 heavy (non-hydrogen) atoms. The van der Waals surface area contributed by atoms with Crippen molar-refractivity contribution >= 4 is 0 Å². The summed E-state index contributed by atoms with van der Waals surface area (Å²) in [5.41, 5.74) is 0. The summed E-state index contributed by atoms with van der Waals surface area (Å²) in [5.74, 6) is 3.35. The van der Waals surface area contributed by atoms with Crippen LogP contribution in [0, 0.1) is 18.3 Å². The smallest absolute Gasteiger partial charge is 0.0587 e. The van der Waals surface area contributed by atoms with Crippen molar-refractivity contribution in [2.24, 2.45) is 5.92 Å². The first-order chi connectivity index (χ1) is 6.72. The molecule has 0 heterocycles. The van der Waals surface area contributed by atoms with E-state index in [2.05, 4.69) is 25.1 Å². The van der Waals surface area contributed by atoms with Crippen molar-refractivity contribution in [1.82, 2.24) is 5.32 Å². The quantitative estimate of drug-likeness (QED) is 0.475. The standard InChI is InChI=1S/C12H23NO/c1-5-6-7-8-11(2)12(3)13-9-10-14-4/h1,11-13H,6-10H2,2-4H3. The summed E-state index contributed by atoms with van der Waals surface area (Å²) < 4.78 is 4.98. The third kappa shape index (κ3) is 6.94. The van der Waals surface area contributed by atoms with Crippen molar-refractivity contribution in [2.45, 2.75) is 39.2 Å². The first-order valence-electron chi connectivity index (χ1n) is 5.38. The van der Waals surface area contributed by atoms with E-state index >= 15 is 0 Å². The van der Waals surface area contributed by atoms with Crippen LogP contribution in [-0.2, 0) is 4.74 Å². The molecule has 0 aliphatic rings. The minimum Gasteiger partial charge on any atom is -0.383 e. The molecule has 0 aliphatic carbocycles. The third-order valence-corrected chi connectivity index (χ3v) is 2.61. The van der Waals surface area contributed by atoms with Crippen LogP contribution >= 0.6 is 0 Å². The van der Waals surface area contributed by atoms with E-state index in [1.807, 2.05) is 0 Å². The molecule has 0 spiro atoms. The lowest BCUT2D eigenvalue weighted by molar-refractivity contribution is 0.192. The number of methoxy groups -OCH3 is 1. The van der Waals surface area contributed by atoms with Crippen LogP contribution in [0.3, 0.4) is 0 Å². The molecule has 2 unspecified atom stereocenters. The van der Waals surface area contributed by atoms with E-state index in [9.17, 15) is 0 Å². The zero-order valence-electron chi connectivity index (χ0n) is 9.68. The van der Waals surface area contributed by atoms with E-state index in [1.54, 1.807) is 7.11 Å². The Labute approximate surface area is 88.4 Å². The lowest BCUT2D eigenvalue weighted by Crippen LogP contribution is -2.34. The van der Waals surface area contributed by atoms with Crippen LogP contribution in [0.5, 0.6) is 0 Å². The van der Waals surface area contributed by atoms with Crippen LogP contribution in [0.25, 0.3) is 0 Å². The predicted molar refractivity (Wildman–Crippen MR) is 61.2 cm³/mol. The number of ether oxygens (including phenoxy) is 1. The van der Waals surface area contributed by atoms with E-state index in [-0.39, 0.29) is 0 Å². The Hall–Kier alpha value is -0.520. The van der Waals surface area contributed by atoms with Gasteiger partial charge in [0, 0.05) is 26.1 Å². The van der Waals surface area contributed by atoms with Crippen molar-refractivity contribution in [1.29, 1.82) is 0 Å². The molecule has 0 radical (unpaired) electrons. The molecule has 2 nitrogen and oxygen atoms in total. The van der Waals surface area contributed by atoms with Crippen LogP contribution < -0.4 is 5.32 Å². The number of nitrogens with one attached hydrogen (secondary N) is 1. The summed E-state index contributed by atoms with van der Waals surface area (Å²) in [6.07, 6.45) is 8.44. The Balaban J connectivity index is 3.45. The fourth-order valence-electron chi connectivity index (χ4n) is 1.37.